The summed E-state index contributed by atoms with van der Waals surface area (Å²) in [6.07, 6.45) is 1.01. The Morgan fingerprint density at radius 2 is 2.21 bits per heavy atom. The predicted octanol–water partition coefficient (Wildman–Crippen LogP) is 1.99. The lowest BCUT2D eigenvalue weighted by Crippen LogP contribution is -2.21. The zero-order valence-electron chi connectivity index (χ0n) is 8.83. The molecule has 0 spiro atoms. The monoisotopic (exact) mass is 188 g/mol. The first-order valence-corrected chi connectivity index (χ1v) is 4.83. The van der Waals surface area contributed by atoms with E-state index in [1.54, 1.807) is 0 Å². The standard InChI is InChI=1S/C12H16N2/c1-11-4-3-5-12(10-11)6-8-14(2)9-7-13/h3-5,10H,6,8-9H2,1-2H3. The van der Waals surface area contributed by atoms with Crippen molar-refractivity contribution in [3.63, 3.8) is 0 Å². The first-order valence-electron chi connectivity index (χ1n) is 4.83. The van der Waals surface area contributed by atoms with E-state index in [4.69, 9.17) is 5.26 Å². The lowest BCUT2D eigenvalue weighted by Gasteiger charge is -2.11. The summed E-state index contributed by atoms with van der Waals surface area (Å²) in [4.78, 5) is 2.03. The van der Waals surface area contributed by atoms with Gasteiger partial charge in [-0.3, -0.25) is 4.90 Å². The maximum absolute atomic E-state index is 8.49. The zero-order valence-corrected chi connectivity index (χ0v) is 8.83. The molecule has 2 heteroatoms. The van der Waals surface area contributed by atoms with Crippen molar-refractivity contribution in [1.82, 2.24) is 4.90 Å². The van der Waals surface area contributed by atoms with Crippen molar-refractivity contribution in [1.29, 1.82) is 5.26 Å². The number of likely N-dealkylation sites (N-methyl/N-ethyl adjacent to an activating group) is 1. The first-order chi connectivity index (χ1) is 6.72. The highest BCUT2D eigenvalue weighted by Gasteiger charge is 1.98. The molecular weight excluding hydrogens is 172 g/mol. The molecular formula is C12H16N2. The molecule has 0 aliphatic rings. The fourth-order valence-electron chi connectivity index (χ4n) is 1.39. The van der Waals surface area contributed by atoms with E-state index in [0.717, 1.165) is 13.0 Å². The van der Waals surface area contributed by atoms with Crippen LogP contribution in [0, 0.1) is 18.3 Å². The van der Waals surface area contributed by atoms with Crippen LogP contribution in [-0.2, 0) is 6.42 Å². The van der Waals surface area contributed by atoms with Gasteiger partial charge in [0.05, 0.1) is 12.6 Å². The molecule has 0 N–H and O–H groups in total. The summed E-state index contributed by atoms with van der Waals surface area (Å²) in [5.74, 6) is 0. The van der Waals surface area contributed by atoms with Gasteiger partial charge in [-0.2, -0.15) is 5.26 Å². The highest BCUT2D eigenvalue weighted by Crippen LogP contribution is 2.04. The van der Waals surface area contributed by atoms with Crippen molar-refractivity contribution in [3.05, 3.63) is 35.4 Å². The average molecular weight is 188 g/mol. The van der Waals surface area contributed by atoms with E-state index >= 15 is 0 Å². The molecule has 0 aliphatic heterocycles. The highest BCUT2D eigenvalue weighted by molar-refractivity contribution is 5.22. The van der Waals surface area contributed by atoms with E-state index < -0.39 is 0 Å². The Morgan fingerprint density at radius 1 is 1.43 bits per heavy atom. The Labute approximate surface area is 85.8 Å². The van der Waals surface area contributed by atoms with Gasteiger partial charge in [-0.05, 0) is 26.0 Å². The number of hydrogen-bond donors (Lipinski definition) is 0. The molecule has 0 heterocycles. The van der Waals surface area contributed by atoms with E-state index in [2.05, 4.69) is 37.3 Å². The van der Waals surface area contributed by atoms with E-state index in [0.29, 0.717) is 6.54 Å². The number of nitriles is 1. The van der Waals surface area contributed by atoms with Gasteiger partial charge in [0, 0.05) is 6.54 Å². The van der Waals surface area contributed by atoms with Crippen LogP contribution in [-0.4, -0.2) is 25.0 Å². The summed E-state index contributed by atoms with van der Waals surface area (Å²) in [7, 11) is 1.97. The van der Waals surface area contributed by atoms with Crippen LogP contribution >= 0.6 is 0 Å². The number of benzene rings is 1. The minimum Gasteiger partial charge on any atom is -0.293 e. The molecule has 0 atom stereocenters. The maximum atomic E-state index is 8.49. The van der Waals surface area contributed by atoms with Crippen molar-refractivity contribution in [2.45, 2.75) is 13.3 Å². The van der Waals surface area contributed by atoms with Gasteiger partial charge >= 0.3 is 0 Å². The Kier molecular flexibility index (Phi) is 4.15. The fourth-order valence-corrected chi connectivity index (χ4v) is 1.39. The SMILES string of the molecule is Cc1cccc(CCN(C)CC#N)c1. The third kappa shape index (κ3) is 3.59. The molecule has 14 heavy (non-hydrogen) atoms. The van der Waals surface area contributed by atoms with Crippen molar-refractivity contribution >= 4 is 0 Å². The summed E-state index contributed by atoms with van der Waals surface area (Å²) >= 11 is 0. The normalized spacial score (nSPS) is 10.1. The van der Waals surface area contributed by atoms with Gasteiger partial charge in [-0.25, -0.2) is 0 Å². The van der Waals surface area contributed by atoms with E-state index in [-0.39, 0.29) is 0 Å². The summed E-state index contributed by atoms with van der Waals surface area (Å²) < 4.78 is 0. The third-order valence-electron chi connectivity index (χ3n) is 2.21. The van der Waals surface area contributed by atoms with Crippen LogP contribution in [0.15, 0.2) is 24.3 Å². The molecule has 0 radical (unpaired) electrons. The Morgan fingerprint density at radius 3 is 2.86 bits per heavy atom. The molecule has 0 bridgehead atoms. The molecule has 0 unspecified atom stereocenters. The van der Waals surface area contributed by atoms with Crippen LogP contribution in [0.5, 0.6) is 0 Å². The number of aryl methyl sites for hydroxylation is 1. The minimum absolute atomic E-state index is 0.506. The van der Waals surface area contributed by atoms with E-state index in [1.807, 2.05) is 11.9 Å². The molecule has 1 aromatic carbocycles. The molecule has 0 aliphatic carbocycles. The first kappa shape index (κ1) is 10.7. The van der Waals surface area contributed by atoms with Crippen LogP contribution in [0.2, 0.25) is 0 Å². The van der Waals surface area contributed by atoms with Gasteiger partial charge in [0.1, 0.15) is 0 Å². The molecule has 2 nitrogen and oxygen atoms in total. The highest BCUT2D eigenvalue weighted by atomic mass is 15.1. The lowest BCUT2D eigenvalue weighted by molar-refractivity contribution is 0.379. The lowest BCUT2D eigenvalue weighted by atomic mass is 10.1. The number of rotatable bonds is 4. The zero-order chi connectivity index (χ0) is 10.4. The molecule has 1 aromatic rings. The summed E-state index contributed by atoms with van der Waals surface area (Å²) in [6, 6.07) is 10.6. The van der Waals surface area contributed by atoms with E-state index in [9.17, 15) is 0 Å². The number of nitrogens with zero attached hydrogens (tertiary/aromatic N) is 2. The minimum atomic E-state index is 0.506. The predicted molar refractivity (Wildman–Crippen MR) is 58.0 cm³/mol. The molecule has 0 aromatic heterocycles. The van der Waals surface area contributed by atoms with Gasteiger partial charge in [-0.15, -0.1) is 0 Å². The molecule has 74 valence electrons. The second-order valence-electron chi connectivity index (χ2n) is 3.63. The van der Waals surface area contributed by atoms with Crippen molar-refractivity contribution in [2.75, 3.05) is 20.1 Å². The summed E-state index contributed by atoms with van der Waals surface area (Å²) in [5, 5.41) is 8.49. The molecule has 1 rings (SSSR count). The quantitative estimate of drug-likeness (QED) is 0.676. The summed E-state index contributed by atoms with van der Waals surface area (Å²) in [6.45, 7) is 3.55. The molecule has 0 fully saturated rings. The van der Waals surface area contributed by atoms with Crippen molar-refractivity contribution < 1.29 is 0 Å². The average Bonchev–Trinajstić information content (AvgIpc) is 2.15. The van der Waals surface area contributed by atoms with Crippen LogP contribution in [0.25, 0.3) is 0 Å². The molecule has 0 amide bonds. The smallest absolute Gasteiger partial charge is 0.0863 e. The topological polar surface area (TPSA) is 27.0 Å². The maximum Gasteiger partial charge on any atom is 0.0863 e. The van der Waals surface area contributed by atoms with Crippen LogP contribution in [0.4, 0.5) is 0 Å². The molecule has 0 saturated carbocycles. The van der Waals surface area contributed by atoms with Crippen LogP contribution in [0.1, 0.15) is 11.1 Å². The van der Waals surface area contributed by atoms with Crippen LogP contribution < -0.4 is 0 Å². The van der Waals surface area contributed by atoms with Crippen molar-refractivity contribution in [3.8, 4) is 6.07 Å². The number of hydrogen-bond acceptors (Lipinski definition) is 2. The Balaban J connectivity index is 2.42. The third-order valence-corrected chi connectivity index (χ3v) is 2.21. The van der Waals surface area contributed by atoms with Crippen molar-refractivity contribution in [2.24, 2.45) is 0 Å². The second kappa shape index (κ2) is 5.41. The van der Waals surface area contributed by atoms with Gasteiger partial charge in [0.15, 0.2) is 0 Å². The Bertz CT molecular complexity index is 325. The fraction of sp³-hybridized carbons (Fsp3) is 0.417. The second-order valence-corrected chi connectivity index (χ2v) is 3.63. The van der Waals surface area contributed by atoms with Gasteiger partial charge in [0.2, 0.25) is 0 Å². The summed E-state index contributed by atoms with van der Waals surface area (Å²) in [5.41, 5.74) is 2.64. The Hall–Kier alpha value is -1.33. The van der Waals surface area contributed by atoms with E-state index in [1.165, 1.54) is 11.1 Å². The van der Waals surface area contributed by atoms with Gasteiger partial charge in [-0.1, -0.05) is 29.8 Å². The largest absolute Gasteiger partial charge is 0.293 e. The van der Waals surface area contributed by atoms with Gasteiger partial charge < -0.3 is 0 Å². The van der Waals surface area contributed by atoms with Gasteiger partial charge in [0.25, 0.3) is 0 Å². The van der Waals surface area contributed by atoms with Crippen LogP contribution in [0.3, 0.4) is 0 Å². The molecule has 0 saturated heterocycles.